The van der Waals surface area contributed by atoms with Crippen molar-refractivity contribution < 1.29 is 4.92 Å². The minimum Gasteiger partial charge on any atom is -0.358 e. The van der Waals surface area contributed by atoms with Gasteiger partial charge in [-0.15, -0.1) is 11.3 Å². The number of fused-ring (bicyclic) bond motifs is 1. The summed E-state index contributed by atoms with van der Waals surface area (Å²) in [7, 11) is 0. The van der Waals surface area contributed by atoms with Crippen molar-refractivity contribution in [3.8, 4) is 0 Å². The van der Waals surface area contributed by atoms with E-state index in [0.29, 0.717) is 24.6 Å². The summed E-state index contributed by atoms with van der Waals surface area (Å²) in [6, 6.07) is 5.40. The van der Waals surface area contributed by atoms with Crippen LogP contribution in [-0.4, -0.2) is 50.4 Å². The molecule has 1 fully saturated rings. The largest absolute Gasteiger partial charge is 0.372 e. The van der Waals surface area contributed by atoms with Gasteiger partial charge in [-0.05, 0) is 17.9 Å². The molecule has 1 aliphatic heterocycles. The average Bonchev–Trinajstić information content (AvgIpc) is 3.19. The molecular weight excluding hydrogens is 340 g/mol. The summed E-state index contributed by atoms with van der Waals surface area (Å²) in [5.41, 5.74) is 1.69. The Morgan fingerprint density at radius 3 is 2.72 bits per heavy atom. The second-order valence-electron chi connectivity index (χ2n) is 6.07. The lowest BCUT2D eigenvalue weighted by Gasteiger charge is -2.34. The summed E-state index contributed by atoms with van der Waals surface area (Å²) in [4.78, 5) is 24.5. The monoisotopic (exact) mass is 358 g/mol. The first-order valence-corrected chi connectivity index (χ1v) is 8.99. The molecule has 0 amide bonds. The highest BCUT2D eigenvalue weighted by Gasteiger charge is 2.29. The zero-order chi connectivity index (χ0) is 17.4. The number of anilines is 1. The minimum atomic E-state index is -0.347. The molecule has 130 valence electrons. The van der Waals surface area contributed by atoms with Crippen LogP contribution in [0.3, 0.4) is 0 Å². The van der Waals surface area contributed by atoms with Gasteiger partial charge < -0.3 is 15.0 Å². The number of aromatic nitrogens is 3. The lowest BCUT2D eigenvalue weighted by atomic mass is 10.3. The predicted molar refractivity (Wildman–Crippen MR) is 96.2 cm³/mol. The molecule has 0 N–H and O–H groups in total. The van der Waals surface area contributed by atoms with Crippen molar-refractivity contribution in [3.63, 3.8) is 0 Å². The molecule has 4 rings (SSSR count). The van der Waals surface area contributed by atoms with E-state index in [1.54, 1.807) is 34.1 Å². The number of nitro groups is 1. The fourth-order valence-electron chi connectivity index (χ4n) is 3.18. The molecule has 4 heterocycles. The van der Waals surface area contributed by atoms with Crippen LogP contribution in [0.25, 0.3) is 5.65 Å². The molecular formula is C16H18N6O2S. The Kier molecular flexibility index (Phi) is 4.10. The molecule has 1 aliphatic rings. The quantitative estimate of drug-likeness (QED) is 0.526. The van der Waals surface area contributed by atoms with Crippen LogP contribution in [0.15, 0.2) is 29.8 Å². The van der Waals surface area contributed by atoms with Crippen LogP contribution in [0.1, 0.15) is 10.7 Å². The summed E-state index contributed by atoms with van der Waals surface area (Å²) >= 11 is 1.66. The smallest absolute Gasteiger partial charge is 0.358 e. The van der Waals surface area contributed by atoms with Crippen LogP contribution < -0.4 is 4.90 Å². The normalized spacial score (nSPS) is 15.8. The van der Waals surface area contributed by atoms with Crippen molar-refractivity contribution in [2.75, 3.05) is 31.1 Å². The second-order valence-corrected chi connectivity index (χ2v) is 7.13. The summed E-state index contributed by atoms with van der Waals surface area (Å²) in [6.07, 6.45) is 1.69. The van der Waals surface area contributed by atoms with Gasteiger partial charge in [0.15, 0.2) is 0 Å². The van der Waals surface area contributed by atoms with E-state index >= 15 is 0 Å². The van der Waals surface area contributed by atoms with E-state index < -0.39 is 0 Å². The summed E-state index contributed by atoms with van der Waals surface area (Å²) in [5, 5.41) is 14.7. The molecule has 0 radical (unpaired) electrons. The summed E-state index contributed by atoms with van der Waals surface area (Å²) < 4.78 is 1.54. The van der Waals surface area contributed by atoms with E-state index in [1.165, 1.54) is 0 Å². The molecule has 1 saturated heterocycles. The Bertz CT molecular complexity index is 912. The first-order valence-electron chi connectivity index (χ1n) is 8.11. The molecule has 0 aromatic carbocycles. The summed E-state index contributed by atoms with van der Waals surface area (Å²) in [6.45, 7) is 5.94. The van der Waals surface area contributed by atoms with Gasteiger partial charge in [-0.25, -0.2) is 4.98 Å². The van der Waals surface area contributed by atoms with Crippen molar-refractivity contribution >= 4 is 28.6 Å². The Hall–Kier alpha value is -2.52. The second kappa shape index (κ2) is 6.41. The van der Waals surface area contributed by atoms with Gasteiger partial charge in [-0.1, -0.05) is 6.07 Å². The van der Waals surface area contributed by atoms with Crippen LogP contribution in [0, 0.1) is 17.0 Å². The van der Waals surface area contributed by atoms with E-state index in [2.05, 4.69) is 20.2 Å². The van der Waals surface area contributed by atoms with Gasteiger partial charge in [0.25, 0.3) is 0 Å². The number of rotatable bonds is 4. The number of pyridine rings is 1. The Morgan fingerprint density at radius 2 is 2.04 bits per heavy atom. The van der Waals surface area contributed by atoms with Crippen LogP contribution in [-0.2, 0) is 6.54 Å². The molecule has 0 atom stereocenters. The van der Waals surface area contributed by atoms with Crippen molar-refractivity contribution in [1.29, 1.82) is 0 Å². The molecule has 25 heavy (non-hydrogen) atoms. The molecule has 8 nitrogen and oxygen atoms in total. The van der Waals surface area contributed by atoms with E-state index in [4.69, 9.17) is 0 Å². The van der Waals surface area contributed by atoms with Crippen LogP contribution in [0.5, 0.6) is 0 Å². The Morgan fingerprint density at radius 1 is 1.24 bits per heavy atom. The van der Waals surface area contributed by atoms with Crippen molar-refractivity contribution in [1.82, 2.24) is 19.3 Å². The maximum atomic E-state index is 11.5. The van der Waals surface area contributed by atoms with Gasteiger partial charge in [0.1, 0.15) is 0 Å². The van der Waals surface area contributed by atoms with Crippen LogP contribution >= 0.6 is 11.3 Å². The lowest BCUT2D eigenvalue weighted by molar-refractivity contribution is -0.389. The zero-order valence-electron chi connectivity index (χ0n) is 13.8. The number of imidazole rings is 1. The van der Waals surface area contributed by atoms with Gasteiger partial charge in [0.2, 0.25) is 11.5 Å². The van der Waals surface area contributed by atoms with E-state index in [0.717, 1.165) is 30.3 Å². The Balaban J connectivity index is 1.51. The first kappa shape index (κ1) is 16.0. The van der Waals surface area contributed by atoms with Gasteiger partial charge in [0, 0.05) is 44.2 Å². The van der Waals surface area contributed by atoms with Crippen LogP contribution in [0.2, 0.25) is 0 Å². The molecule has 0 aliphatic carbocycles. The number of hydrogen-bond donors (Lipinski definition) is 0. The fourth-order valence-corrected chi connectivity index (χ4v) is 3.78. The predicted octanol–water partition coefficient (Wildman–Crippen LogP) is 2.33. The molecule has 0 unspecified atom stereocenters. The van der Waals surface area contributed by atoms with E-state index in [9.17, 15) is 10.1 Å². The maximum absolute atomic E-state index is 11.5. The van der Waals surface area contributed by atoms with Gasteiger partial charge >= 0.3 is 5.82 Å². The molecule has 0 saturated carbocycles. The number of nitrogens with zero attached hydrogens (tertiary/aromatic N) is 6. The van der Waals surface area contributed by atoms with Gasteiger partial charge in [0.05, 0.1) is 16.9 Å². The standard InChI is InChI=1S/C16H18N6O2S/c1-12-17-13(11-25-12)10-19-6-8-20(9-7-19)15-16(22(23)24)21-5-3-2-4-14(21)18-15/h2-5,11H,6-10H2,1H3. The molecule has 3 aromatic rings. The fraction of sp³-hybridized carbons (Fsp3) is 0.375. The molecule has 0 bridgehead atoms. The SMILES string of the molecule is Cc1nc(CN2CCN(c3nc4ccccn4c3[N+](=O)[O-])CC2)cs1. The summed E-state index contributed by atoms with van der Waals surface area (Å²) in [5.74, 6) is 0.500. The highest BCUT2D eigenvalue weighted by atomic mass is 32.1. The molecule has 0 spiro atoms. The average molecular weight is 358 g/mol. The Labute approximate surface area is 148 Å². The topological polar surface area (TPSA) is 79.8 Å². The third-order valence-electron chi connectivity index (χ3n) is 4.38. The van der Waals surface area contributed by atoms with E-state index in [1.807, 2.05) is 17.9 Å². The van der Waals surface area contributed by atoms with Gasteiger partial charge in [-0.2, -0.15) is 9.38 Å². The molecule has 3 aromatic heterocycles. The van der Waals surface area contributed by atoms with E-state index in [-0.39, 0.29) is 10.7 Å². The lowest BCUT2D eigenvalue weighted by Crippen LogP contribution is -2.46. The van der Waals surface area contributed by atoms with Gasteiger partial charge in [-0.3, -0.25) is 4.90 Å². The zero-order valence-corrected chi connectivity index (χ0v) is 14.6. The number of aryl methyl sites for hydroxylation is 1. The highest BCUT2D eigenvalue weighted by Crippen LogP contribution is 2.29. The molecule has 9 heteroatoms. The third-order valence-corrected chi connectivity index (χ3v) is 5.21. The number of piperazine rings is 1. The van der Waals surface area contributed by atoms with Crippen molar-refractivity contribution in [2.24, 2.45) is 0 Å². The number of thiazole rings is 1. The first-order chi connectivity index (χ1) is 12.1. The minimum absolute atomic E-state index is 0.0409. The number of hydrogen-bond acceptors (Lipinski definition) is 7. The van der Waals surface area contributed by atoms with Crippen LogP contribution in [0.4, 0.5) is 11.6 Å². The maximum Gasteiger partial charge on any atom is 0.372 e. The van der Waals surface area contributed by atoms with Crippen molar-refractivity contribution in [3.05, 3.63) is 50.6 Å². The highest BCUT2D eigenvalue weighted by molar-refractivity contribution is 7.09. The van der Waals surface area contributed by atoms with Crippen molar-refractivity contribution in [2.45, 2.75) is 13.5 Å². The third kappa shape index (κ3) is 3.08.